The Labute approximate surface area is 94.3 Å². The molecule has 5 nitrogen and oxygen atoms in total. The van der Waals surface area contributed by atoms with E-state index in [1.54, 1.807) is 7.05 Å². The zero-order valence-electron chi connectivity index (χ0n) is 9.78. The summed E-state index contributed by atoms with van der Waals surface area (Å²) in [6, 6.07) is 2.87. The van der Waals surface area contributed by atoms with Crippen LogP contribution in [0.3, 0.4) is 0 Å². The maximum Gasteiger partial charge on any atom is 0.253 e. The molecule has 0 spiro atoms. The van der Waals surface area contributed by atoms with Crippen LogP contribution in [0.2, 0.25) is 0 Å². The third-order valence-electron chi connectivity index (χ3n) is 2.31. The van der Waals surface area contributed by atoms with Crippen molar-refractivity contribution in [3.05, 3.63) is 34.2 Å². The molecule has 0 radical (unpaired) electrons. The number of hydrogen-bond acceptors (Lipinski definition) is 3. The summed E-state index contributed by atoms with van der Waals surface area (Å²) in [7, 11) is 1.60. The van der Waals surface area contributed by atoms with Gasteiger partial charge in [-0.05, 0) is 19.9 Å². The fourth-order valence-corrected chi connectivity index (χ4v) is 1.16. The molecule has 0 fully saturated rings. The fourth-order valence-electron chi connectivity index (χ4n) is 1.16. The Morgan fingerprint density at radius 2 is 2.12 bits per heavy atom. The van der Waals surface area contributed by atoms with E-state index >= 15 is 0 Å². The maximum absolute atomic E-state index is 11.8. The van der Waals surface area contributed by atoms with Gasteiger partial charge in [0.25, 0.3) is 5.91 Å². The van der Waals surface area contributed by atoms with Gasteiger partial charge >= 0.3 is 0 Å². The number of aromatic nitrogens is 1. The van der Waals surface area contributed by atoms with Crippen LogP contribution >= 0.6 is 0 Å². The van der Waals surface area contributed by atoms with E-state index in [2.05, 4.69) is 5.32 Å². The van der Waals surface area contributed by atoms with E-state index in [4.69, 9.17) is 5.73 Å². The summed E-state index contributed by atoms with van der Waals surface area (Å²) in [5.41, 5.74) is 5.37. The van der Waals surface area contributed by atoms with Gasteiger partial charge in [-0.25, -0.2) is 0 Å². The van der Waals surface area contributed by atoms with Crippen molar-refractivity contribution in [3.8, 4) is 0 Å². The molecule has 0 aliphatic carbocycles. The predicted octanol–water partition coefficient (Wildman–Crippen LogP) is -0.148. The first kappa shape index (κ1) is 12.4. The lowest BCUT2D eigenvalue weighted by atomic mass is 10.1. The van der Waals surface area contributed by atoms with Gasteiger partial charge in [-0.15, -0.1) is 0 Å². The van der Waals surface area contributed by atoms with Crippen molar-refractivity contribution in [2.75, 3.05) is 6.54 Å². The number of pyridine rings is 1. The first-order valence-corrected chi connectivity index (χ1v) is 5.05. The van der Waals surface area contributed by atoms with Gasteiger partial charge in [0.15, 0.2) is 0 Å². The lowest BCUT2D eigenvalue weighted by molar-refractivity contribution is 0.0915. The van der Waals surface area contributed by atoms with Gasteiger partial charge < -0.3 is 15.6 Å². The minimum atomic E-state index is -0.453. The van der Waals surface area contributed by atoms with Crippen LogP contribution in [0.4, 0.5) is 0 Å². The Morgan fingerprint density at radius 1 is 1.50 bits per heavy atom. The zero-order valence-corrected chi connectivity index (χ0v) is 9.78. The number of nitrogens with two attached hydrogens (primary N) is 1. The highest BCUT2D eigenvalue weighted by Crippen LogP contribution is 2.02. The second-order valence-electron chi connectivity index (χ2n) is 4.41. The average Bonchev–Trinajstić information content (AvgIpc) is 2.21. The third-order valence-corrected chi connectivity index (χ3v) is 2.31. The SMILES string of the molecule is Cn1cc(C(=O)NC(C)(C)CN)ccc1=O. The van der Waals surface area contributed by atoms with Crippen LogP contribution in [-0.2, 0) is 7.05 Å². The molecule has 1 aromatic rings. The molecule has 0 atom stereocenters. The van der Waals surface area contributed by atoms with Crippen LogP contribution in [0.1, 0.15) is 24.2 Å². The van der Waals surface area contributed by atoms with E-state index < -0.39 is 5.54 Å². The first-order chi connectivity index (χ1) is 7.35. The molecule has 0 bridgehead atoms. The van der Waals surface area contributed by atoms with Crippen molar-refractivity contribution in [2.24, 2.45) is 12.8 Å². The molecule has 16 heavy (non-hydrogen) atoms. The van der Waals surface area contributed by atoms with Gasteiger partial charge in [0.2, 0.25) is 5.56 Å². The number of carbonyl (C=O) groups excluding carboxylic acids is 1. The lowest BCUT2D eigenvalue weighted by Gasteiger charge is -2.24. The van der Waals surface area contributed by atoms with Gasteiger partial charge in [0.1, 0.15) is 0 Å². The minimum Gasteiger partial charge on any atom is -0.346 e. The van der Waals surface area contributed by atoms with Crippen LogP contribution in [0.25, 0.3) is 0 Å². The second-order valence-corrected chi connectivity index (χ2v) is 4.41. The summed E-state index contributed by atoms with van der Waals surface area (Å²) in [5.74, 6) is -0.231. The van der Waals surface area contributed by atoms with E-state index in [1.807, 2.05) is 13.8 Å². The van der Waals surface area contributed by atoms with Crippen molar-refractivity contribution < 1.29 is 4.79 Å². The smallest absolute Gasteiger partial charge is 0.253 e. The van der Waals surface area contributed by atoms with Crippen LogP contribution in [0.15, 0.2) is 23.1 Å². The molecule has 1 aromatic heterocycles. The minimum absolute atomic E-state index is 0.144. The van der Waals surface area contributed by atoms with Crippen LogP contribution < -0.4 is 16.6 Å². The number of aryl methyl sites for hydroxylation is 1. The van der Waals surface area contributed by atoms with Gasteiger partial charge in [-0.3, -0.25) is 9.59 Å². The van der Waals surface area contributed by atoms with E-state index in [-0.39, 0.29) is 11.5 Å². The van der Waals surface area contributed by atoms with Gasteiger partial charge in [-0.1, -0.05) is 0 Å². The third kappa shape index (κ3) is 2.93. The molecule has 5 heteroatoms. The Balaban J connectivity index is 2.89. The van der Waals surface area contributed by atoms with Gasteiger partial charge in [-0.2, -0.15) is 0 Å². The number of amides is 1. The predicted molar refractivity (Wildman–Crippen MR) is 62.3 cm³/mol. The Morgan fingerprint density at radius 3 is 2.62 bits per heavy atom. The summed E-state index contributed by atoms with van der Waals surface area (Å²) in [6.45, 7) is 4.03. The number of carbonyl (C=O) groups is 1. The van der Waals surface area contributed by atoms with Crippen molar-refractivity contribution in [1.82, 2.24) is 9.88 Å². The lowest BCUT2D eigenvalue weighted by Crippen LogP contribution is -2.49. The molecule has 0 saturated carbocycles. The van der Waals surface area contributed by atoms with E-state index in [0.29, 0.717) is 12.1 Å². The van der Waals surface area contributed by atoms with Crippen molar-refractivity contribution in [2.45, 2.75) is 19.4 Å². The van der Waals surface area contributed by atoms with E-state index in [0.717, 1.165) is 0 Å². The molecule has 0 aliphatic rings. The first-order valence-electron chi connectivity index (χ1n) is 5.05. The van der Waals surface area contributed by atoms with Crippen molar-refractivity contribution >= 4 is 5.91 Å². The van der Waals surface area contributed by atoms with Gasteiger partial charge in [0.05, 0.1) is 5.56 Å². The summed E-state index contributed by atoms with van der Waals surface area (Å²) in [4.78, 5) is 22.9. The monoisotopic (exact) mass is 223 g/mol. The van der Waals surface area contributed by atoms with Gasteiger partial charge in [0, 0.05) is 31.4 Å². The Kier molecular flexibility index (Phi) is 3.49. The number of nitrogens with zero attached hydrogens (tertiary/aromatic N) is 1. The highest BCUT2D eigenvalue weighted by Gasteiger charge is 2.19. The summed E-state index contributed by atoms with van der Waals surface area (Å²) in [5, 5.41) is 2.79. The Bertz CT molecular complexity index is 449. The van der Waals surface area contributed by atoms with Crippen LogP contribution in [0, 0.1) is 0 Å². The van der Waals surface area contributed by atoms with Crippen molar-refractivity contribution in [1.29, 1.82) is 0 Å². The van der Waals surface area contributed by atoms with E-state index in [9.17, 15) is 9.59 Å². The molecule has 1 rings (SSSR count). The van der Waals surface area contributed by atoms with Crippen molar-refractivity contribution in [3.63, 3.8) is 0 Å². The molecule has 1 heterocycles. The highest BCUT2D eigenvalue weighted by molar-refractivity contribution is 5.94. The molecular formula is C11H17N3O2. The average molecular weight is 223 g/mol. The largest absolute Gasteiger partial charge is 0.346 e. The molecule has 3 N–H and O–H groups in total. The second kappa shape index (κ2) is 4.49. The quantitative estimate of drug-likeness (QED) is 0.748. The van der Waals surface area contributed by atoms with Crippen LogP contribution in [0.5, 0.6) is 0 Å². The summed E-state index contributed by atoms with van der Waals surface area (Å²) in [6.07, 6.45) is 1.50. The van der Waals surface area contributed by atoms with E-state index in [1.165, 1.54) is 22.9 Å². The standard InChI is InChI=1S/C11H17N3O2/c1-11(2,7-12)13-10(16)8-4-5-9(15)14(3)6-8/h4-6H,7,12H2,1-3H3,(H,13,16). The summed E-state index contributed by atoms with van der Waals surface area (Å²) < 4.78 is 1.37. The highest BCUT2D eigenvalue weighted by atomic mass is 16.2. The maximum atomic E-state index is 11.8. The number of nitrogens with one attached hydrogen (secondary N) is 1. The molecule has 88 valence electrons. The number of rotatable bonds is 3. The molecule has 0 unspecified atom stereocenters. The zero-order chi connectivity index (χ0) is 12.3. The molecule has 0 aromatic carbocycles. The Hall–Kier alpha value is -1.62. The number of hydrogen-bond donors (Lipinski definition) is 2. The normalized spacial score (nSPS) is 11.2. The topological polar surface area (TPSA) is 77.1 Å². The molecule has 1 amide bonds. The molecule has 0 aliphatic heterocycles. The fraction of sp³-hybridized carbons (Fsp3) is 0.455. The summed E-state index contributed by atoms with van der Waals surface area (Å²) >= 11 is 0. The molecule has 0 saturated heterocycles. The molecular weight excluding hydrogens is 206 g/mol. The van der Waals surface area contributed by atoms with Crippen LogP contribution in [-0.4, -0.2) is 22.6 Å².